The maximum atomic E-state index is 5.36. The number of para-hydroxylation sites is 1. The monoisotopic (exact) mass is 173 g/mol. The highest BCUT2D eigenvalue weighted by Crippen LogP contribution is 1.95. The molecule has 1 rings (SSSR count). The number of hydrogen-bond donors (Lipinski definition) is 1. The Morgan fingerprint density at radius 1 is 1.00 bits per heavy atom. The zero-order valence-electron chi connectivity index (χ0n) is 7.34. The average molecular weight is 174 g/mol. The van der Waals surface area contributed by atoms with E-state index in [0.29, 0.717) is 0 Å². The average Bonchev–Trinajstić information content (AvgIpc) is 2.13. The van der Waals surface area contributed by atoms with Crippen molar-refractivity contribution in [3.05, 3.63) is 30.3 Å². The van der Waals surface area contributed by atoms with Crippen molar-refractivity contribution < 1.29 is 0 Å². The van der Waals surface area contributed by atoms with Crippen LogP contribution in [0.15, 0.2) is 30.3 Å². The van der Waals surface area contributed by atoms with Crippen molar-refractivity contribution in [1.29, 1.82) is 0 Å². The standard InChI is InChI=1S/C6H7N.C2H6.CH3Cl/c7-6-4-2-1-3-5-6;2*1-2/h1-5H,7H2;1-2H3;1H3. The van der Waals surface area contributed by atoms with Crippen LogP contribution >= 0.6 is 11.6 Å². The lowest BCUT2D eigenvalue weighted by Gasteiger charge is -1.83. The van der Waals surface area contributed by atoms with Gasteiger partial charge in [-0.1, -0.05) is 32.0 Å². The number of halogens is 1. The number of anilines is 1. The molecule has 0 saturated carbocycles. The van der Waals surface area contributed by atoms with E-state index >= 15 is 0 Å². The molecule has 0 amide bonds. The quantitative estimate of drug-likeness (QED) is 0.474. The Hall–Kier alpha value is -0.690. The third kappa shape index (κ3) is 9.31. The summed E-state index contributed by atoms with van der Waals surface area (Å²) >= 11 is 4.64. The van der Waals surface area contributed by atoms with E-state index in [4.69, 9.17) is 5.73 Å². The van der Waals surface area contributed by atoms with Crippen molar-refractivity contribution in [1.82, 2.24) is 0 Å². The fourth-order valence-electron chi connectivity index (χ4n) is 0.453. The second kappa shape index (κ2) is 12.0. The van der Waals surface area contributed by atoms with E-state index in [1.165, 1.54) is 6.38 Å². The predicted octanol–water partition coefficient (Wildman–Crippen LogP) is 3.15. The lowest BCUT2D eigenvalue weighted by molar-refractivity contribution is 1.50. The molecule has 0 aromatic heterocycles. The number of benzene rings is 1. The number of hydrogen-bond acceptors (Lipinski definition) is 1. The Balaban J connectivity index is 0. The van der Waals surface area contributed by atoms with Gasteiger partial charge in [-0.2, -0.15) is 0 Å². The predicted molar refractivity (Wildman–Crippen MR) is 54.0 cm³/mol. The largest absolute Gasteiger partial charge is 0.399 e. The van der Waals surface area contributed by atoms with Crippen LogP contribution in [0, 0.1) is 0 Å². The van der Waals surface area contributed by atoms with Gasteiger partial charge in [0, 0.05) is 12.1 Å². The number of nitrogen functional groups attached to an aromatic ring is 1. The summed E-state index contributed by atoms with van der Waals surface area (Å²) in [7, 11) is 0. The summed E-state index contributed by atoms with van der Waals surface area (Å²) in [4.78, 5) is 0. The van der Waals surface area contributed by atoms with Crippen LogP contribution < -0.4 is 5.73 Å². The molecule has 0 radical (unpaired) electrons. The molecule has 0 aliphatic rings. The highest BCUT2D eigenvalue weighted by Gasteiger charge is 1.72. The molecule has 0 bridgehead atoms. The zero-order valence-corrected chi connectivity index (χ0v) is 8.10. The number of rotatable bonds is 0. The van der Waals surface area contributed by atoms with Gasteiger partial charge >= 0.3 is 0 Å². The molecule has 0 atom stereocenters. The minimum atomic E-state index is 0.822. The van der Waals surface area contributed by atoms with E-state index in [9.17, 15) is 0 Å². The summed E-state index contributed by atoms with van der Waals surface area (Å²) in [5.41, 5.74) is 6.18. The van der Waals surface area contributed by atoms with Gasteiger partial charge in [-0.05, 0) is 12.1 Å². The van der Waals surface area contributed by atoms with Crippen molar-refractivity contribution in [3.8, 4) is 0 Å². The third-order valence-electron chi connectivity index (χ3n) is 0.800. The van der Waals surface area contributed by atoms with E-state index < -0.39 is 0 Å². The first-order chi connectivity index (χ1) is 5.39. The zero-order chi connectivity index (χ0) is 9.11. The molecular formula is C9H16ClN. The molecule has 0 aliphatic carbocycles. The van der Waals surface area contributed by atoms with Crippen LogP contribution in [0.3, 0.4) is 0 Å². The van der Waals surface area contributed by atoms with Gasteiger partial charge in [-0.25, -0.2) is 0 Å². The second-order valence-electron chi connectivity index (χ2n) is 1.41. The fourth-order valence-corrected chi connectivity index (χ4v) is 0.453. The number of nitrogens with two attached hydrogens (primary N) is 1. The Bertz CT molecular complexity index is 139. The summed E-state index contributed by atoms with van der Waals surface area (Å²) in [5.74, 6) is 0. The van der Waals surface area contributed by atoms with Crippen LogP contribution in [0.25, 0.3) is 0 Å². The molecule has 0 saturated heterocycles. The van der Waals surface area contributed by atoms with Crippen LogP contribution in [0.2, 0.25) is 0 Å². The van der Waals surface area contributed by atoms with Crippen LogP contribution in [-0.4, -0.2) is 6.38 Å². The molecular weight excluding hydrogens is 158 g/mol. The van der Waals surface area contributed by atoms with Crippen molar-refractivity contribution in [2.45, 2.75) is 13.8 Å². The first kappa shape index (κ1) is 12.9. The fraction of sp³-hybridized carbons (Fsp3) is 0.333. The highest BCUT2D eigenvalue weighted by atomic mass is 35.5. The van der Waals surface area contributed by atoms with Crippen molar-refractivity contribution in [2.75, 3.05) is 12.1 Å². The van der Waals surface area contributed by atoms with Gasteiger partial charge in [0.05, 0.1) is 0 Å². The van der Waals surface area contributed by atoms with Gasteiger partial charge in [0.2, 0.25) is 0 Å². The Morgan fingerprint density at radius 3 is 1.55 bits per heavy atom. The normalized spacial score (nSPS) is 6.55. The maximum absolute atomic E-state index is 5.36. The Morgan fingerprint density at radius 2 is 1.36 bits per heavy atom. The lowest BCUT2D eigenvalue weighted by atomic mass is 10.3. The molecule has 0 fully saturated rings. The molecule has 0 unspecified atom stereocenters. The van der Waals surface area contributed by atoms with Crippen molar-refractivity contribution >= 4 is 17.3 Å². The lowest BCUT2D eigenvalue weighted by Crippen LogP contribution is -1.79. The molecule has 0 heterocycles. The van der Waals surface area contributed by atoms with E-state index in [0.717, 1.165) is 5.69 Å². The maximum Gasteiger partial charge on any atom is 0.0313 e. The molecule has 2 heteroatoms. The first-order valence-electron chi connectivity index (χ1n) is 3.58. The van der Waals surface area contributed by atoms with Crippen molar-refractivity contribution in [3.63, 3.8) is 0 Å². The molecule has 1 aromatic carbocycles. The van der Waals surface area contributed by atoms with E-state index in [1.807, 2.05) is 44.2 Å². The summed E-state index contributed by atoms with van der Waals surface area (Å²) in [6.45, 7) is 4.00. The summed E-state index contributed by atoms with van der Waals surface area (Å²) < 4.78 is 0. The molecule has 0 aliphatic heterocycles. The minimum Gasteiger partial charge on any atom is -0.399 e. The second-order valence-corrected chi connectivity index (χ2v) is 1.41. The summed E-state index contributed by atoms with van der Waals surface area (Å²) in [6, 6.07) is 9.49. The van der Waals surface area contributed by atoms with Gasteiger partial charge in [0.1, 0.15) is 0 Å². The minimum absolute atomic E-state index is 0.822. The van der Waals surface area contributed by atoms with Crippen LogP contribution in [0.1, 0.15) is 13.8 Å². The van der Waals surface area contributed by atoms with Gasteiger partial charge in [0.15, 0.2) is 0 Å². The summed E-state index contributed by atoms with van der Waals surface area (Å²) in [5, 5.41) is 0. The SMILES string of the molecule is CC.CCl.Nc1ccccc1. The van der Waals surface area contributed by atoms with Crippen molar-refractivity contribution in [2.24, 2.45) is 0 Å². The van der Waals surface area contributed by atoms with Gasteiger partial charge < -0.3 is 5.73 Å². The third-order valence-corrected chi connectivity index (χ3v) is 0.800. The van der Waals surface area contributed by atoms with Gasteiger partial charge in [-0.3, -0.25) is 0 Å². The van der Waals surface area contributed by atoms with E-state index in [2.05, 4.69) is 11.6 Å². The van der Waals surface area contributed by atoms with Crippen LogP contribution in [-0.2, 0) is 0 Å². The molecule has 2 N–H and O–H groups in total. The first-order valence-corrected chi connectivity index (χ1v) is 4.33. The highest BCUT2D eigenvalue weighted by molar-refractivity contribution is 6.15. The van der Waals surface area contributed by atoms with E-state index in [-0.39, 0.29) is 0 Å². The smallest absolute Gasteiger partial charge is 0.0313 e. The van der Waals surface area contributed by atoms with Gasteiger partial charge in [-0.15, -0.1) is 11.6 Å². The number of alkyl halides is 1. The van der Waals surface area contributed by atoms with Crippen LogP contribution in [0.4, 0.5) is 5.69 Å². The molecule has 0 spiro atoms. The molecule has 1 nitrogen and oxygen atoms in total. The van der Waals surface area contributed by atoms with Gasteiger partial charge in [0.25, 0.3) is 0 Å². The van der Waals surface area contributed by atoms with E-state index in [1.54, 1.807) is 0 Å². The van der Waals surface area contributed by atoms with Crippen LogP contribution in [0.5, 0.6) is 0 Å². The summed E-state index contributed by atoms with van der Waals surface area (Å²) in [6.07, 6.45) is 1.47. The molecule has 11 heavy (non-hydrogen) atoms. The Kier molecular flexibility index (Phi) is 14.2. The molecule has 64 valence electrons. The topological polar surface area (TPSA) is 26.0 Å². The Labute approximate surface area is 74.2 Å². The molecule has 1 aromatic rings.